The smallest absolute Gasteiger partial charge is 0.229 e. The minimum atomic E-state index is 0.649. The Hall–Kier alpha value is -2.63. The zero-order valence-corrected chi connectivity index (χ0v) is 16.8. The number of fused-ring (bicyclic) bond motifs is 1. The molecule has 0 aliphatic carbocycles. The average molecular weight is 364 g/mol. The number of anilines is 3. The number of nitrogens with one attached hydrogen (secondary N) is 1. The van der Waals surface area contributed by atoms with Crippen LogP contribution >= 0.6 is 0 Å². The van der Waals surface area contributed by atoms with Gasteiger partial charge in [0.2, 0.25) is 5.95 Å². The maximum Gasteiger partial charge on any atom is 0.229 e. The Labute approximate surface area is 160 Å². The van der Waals surface area contributed by atoms with Crippen molar-refractivity contribution in [2.45, 2.75) is 34.1 Å². The number of hydrogen-bond acceptors (Lipinski definition) is 5. The number of benzene rings is 1. The molecule has 3 heterocycles. The van der Waals surface area contributed by atoms with E-state index < -0.39 is 0 Å². The van der Waals surface area contributed by atoms with Crippen LogP contribution in [0.4, 0.5) is 17.5 Å². The molecule has 0 amide bonds. The van der Waals surface area contributed by atoms with E-state index in [4.69, 9.17) is 9.97 Å². The molecule has 1 N–H and O–H groups in total. The van der Waals surface area contributed by atoms with Crippen LogP contribution in [0.15, 0.2) is 24.4 Å². The van der Waals surface area contributed by atoms with Crippen molar-refractivity contribution in [3.8, 4) is 0 Å². The molecule has 0 spiro atoms. The highest BCUT2D eigenvalue weighted by Crippen LogP contribution is 2.29. The van der Waals surface area contributed by atoms with E-state index in [-0.39, 0.29) is 0 Å². The molecule has 1 aliphatic heterocycles. The van der Waals surface area contributed by atoms with E-state index >= 15 is 0 Å². The van der Waals surface area contributed by atoms with E-state index in [0.717, 1.165) is 41.6 Å². The first-order valence-electron chi connectivity index (χ1n) is 9.69. The third-order valence-corrected chi connectivity index (χ3v) is 5.50. The first kappa shape index (κ1) is 17.8. The van der Waals surface area contributed by atoms with Crippen molar-refractivity contribution < 1.29 is 0 Å². The lowest BCUT2D eigenvalue weighted by atomic mass is 9.92. The van der Waals surface area contributed by atoms with E-state index in [1.807, 2.05) is 17.9 Å². The molecule has 142 valence electrons. The summed E-state index contributed by atoms with van der Waals surface area (Å²) in [5, 5.41) is 8.84. The van der Waals surface area contributed by atoms with Gasteiger partial charge >= 0.3 is 0 Å². The Balaban J connectivity index is 1.76. The van der Waals surface area contributed by atoms with Crippen molar-refractivity contribution in [2.24, 2.45) is 18.9 Å². The van der Waals surface area contributed by atoms with Gasteiger partial charge in [-0.15, -0.1) is 0 Å². The molecule has 1 aliphatic rings. The fourth-order valence-electron chi connectivity index (χ4n) is 4.03. The Morgan fingerprint density at radius 2 is 1.78 bits per heavy atom. The summed E-state index contributed by atoms with van der Waals surface area (Å²) in [5.41, 5.74) is 4.44. The molecular formula is C21H28N6. The van der Waals surface area contributed by atoms with Crippen molar-refractivity contribution in [3.05, 3.63) is 35.5 Å². The molecule has 2 atom stereocenters. The minimum Gasteiger partial charge on any atom is -0.340 e. The van der Waals surface area contributed by atoms with Gasteiger partial charge in [-0.3, -0.25) is 4.68 Å². The molecule has 0 saturated carbocycles. The second-order valence-corrected chi connectivity index (χ2v) is 8.15. The first-order chi connectivity index (χ1) is 12.9. The monoisotopic (exact) mass is 364 g/mol. The first-order valence-corrected chi connectivity index (χ1v) is 9.69. The van der Waals surface area contributed by atoms with E-state index in [0.29, 0.717) is 11.8 Å². The summed E-state index contributed by atoms with van der Waals surface area (Å²) in [4.78, 5) is 12.1. The van der Waals surface area contributed by atoms with Gasteiger partial charge in [0.1, 0.15) is 5.82 Å². The molecular weight excluding hydrogens is 336 g/mol. The van der Waals surface area contributed by atoms with Gasteiger partial charge < -0.3 is 10.2 Å². The summed E-state index contributed by atoms with van der Waals surface area (Å²) in [7, 11) is 1.93. The fraction of sp³-hybridized carbons (Fsp3) is 0.476. The van der Waals surface area contributed by atoms with Gasteiger partial charge in [-0.1, -0.05) is 19.9 Å². The topological polar surface area (TPSA) is 58.9 Å². The number of rotatable bonds is 3. The largest absolute Gasteiger partial charge is 0.340 e. The highest BCUT2D eigenvalue weighted by molar-refractivity contribution is 5.89. The Morgan fingerprint density at radius 1 is 1.04 bits per heavy atom. The van der Waals surface area contributed by atoms with Gasteiger partial charge in [0.05, 0.1) is 11.6 Å². The lowest BCUT2D eigenvalue weighted by Crippen LogP contribution is -2.39. The highest BCUT2D eigenvalue weighted by Gasteiger charge is 2.25. The van der Waals surface area contributed by atoms with Crippen LogP contribution in [0.3, 0.4) is 0 Å². The van der Waals surface area contributed by atoms with Gasteiger partial charge in [-0.25, -0.2) is 0 Å². The zero-order valence-electron chi connectivity index (χ0n) is 16.8. The van der Waals surface area contributed by atoms with Crippen LogP contribution in [0.5, 0.6) is 0 Å². The SMILES string of the molecule is Cc1ccc(Nc2nc(N3C[C@H](C)C[C@H](C)C3)nc3c2cnn3C)cc1C. The number of hydrogen-bond donors (Lipinski definition) is 1. The average Bonchev–Trinajstić information content (AvgIpc) is 2.99. The Kier molecular flexibility index (Phi) is 4.50. The number of piperidine rings is 1. The van der Waals surface area contributed by atoms with Crippen molar-refractivity contribution in [1.82, 2.24) is 19.7 Å². The predicted molar refractivity (Wildman–Crippen MR) is 111 cm³/mol. The van der Waals surface area contributed by atoms with E-state index in [1.165, 1.54) is 17.5 Å². The molecule has 4 rings (SSSR count). The predicted octanol–water partition coefficient (Wildman–Crippen LogP) is 4.21. The molecule has 2 aromatic heterocycles. The normalized spacial score (nSPS) is 20.3. The third kappa shape index (κ3) is 3.48. The zero-order chi connectivity index (χ0) is 19.1. The minimum absolute atomic E-state index is 0.649. The van der Waals surface area contributed by atoms with Gasteiger partial charge in [0.15, 0.2) is 5.65 Å². The summed E-state index contributed by atoms with van der Waals surface area (Å²) < 4.78 is 1.82. The van der Waals surface area contributed by atoms with Crippen LogP contribution < -0.4 is 10.2 Å². The van der Waals surface area contributed by atoms with E-state index in [1.54, 1.807) is 0 Å². The van der Waals surface area contributed by atoms with E-state index in [9.17, 15) is 0 Å². The van der Waals surface area contributed by atoms with Crippen molar-refractivity contribution in [2.75, 3.05) is 23.3 Å². The molecule has 1 saturated heterocycles. The van der Waals surface area contributed by atoms with Crippen molar-refractivity contribution in [1.29, 1.82) is 0 Å². The molecule has 1 fully saturated rings. The summed E-state index contributed by atoms with van der Waals surface area (Å²) in [6.07, 6.45) is 3.10. The van der Waals surface area contributed by atoms with Gasteiger partial charge in [-0.05, 0) is 55.4 Å². The third-order valence-electron chi connectivity index (χ3n) is 5.50. The van der Waals surface area contributed by atoms with Gasteiger partial charge in [0.25, 0.3) is 0 Å². The molecule has 0 bridgehead atoms. The van der Waals surface area contributed by atoms with Crippen molar-refractivity contribution >= 4 is 28.5 Å². The van der Waals surface area contributed by atoms with Crippen LogP contribution in [0, 0.1) is 25.7 Å². The quantitative estimate of drug-likeness (QED) is 0.754. The van der Waals surface area contributed by atoms with Crippen LogP contribution in [0.25, 0.3) is 11.0 Å². The number of aromatic nitrogens is 4. The summed E-state index contributed by atoms with van der Waals surface area (Å²) in [5.74, 6) is 2.90. The lowest BCUT2D eigenvalue weighted by Gasteiger charge is -2.35. The summed E-state index contributed by atoms with van der Waals surface area (Å²) in [6, 6.07) is 6.38. The van der Waals surface area contributed by atoms with Crippen LogP contribution in [0.2, 0.25) is 0 Å². The van der Waals surface area contributed by atoms with E-state index in [2.05, 4.69) is 61.2 Å². The van der Waals surface area contributed by atoms with Crippen molar-refractivity contribution in [3.63, 3.8) is 0 Å². The Morgan fingerprint density at radius 3 is 2.48 bits per heavy atom. The standard InChI is InChI=1S/C21H28N6/c1-13-8-14(2)12-27(11-13)21-24-19(18-10-22-26(5)20(18)25-21)23-17-7-6-15(3)16(4)9-17/h6-7,9-10,13-14H,8,11-12H2,1-5H3,(H,23,24,25)/t13-,14+. The maximum absolute atomic E-state index is 4.90. The van der Waals surface area contributed by atoms with Gasteiger partial charge in [0, 0.05) is 25.8 Å². The molecule has 6 heteroatoms. The van der Waals surface area contributed by atoms with Gasteiger partial charge in [-0.2, -0.15) is 15.1 Å². The Bertz CT molecular complexity index is 966. The second-order valence-electron chi connectivity index (χ2n) is 8.15. The summed E-state index contributed by atoms with van der Waals surface area (Å²) >= 11 is 0. The molecule has 0 unspecified atom stereocenters. The van der Waals surface area contributed by atoms with Crippen LogP contribution in [-0.4, -0.2) is 32.8 Å². The molecule has 1 aromatic carbocycles. The molecule has 0 radical (unpaired) electrons. The molecule has 27 heavy (non-hydrogen) atoms. The number of nitrogens with zero attached hydrogens (tertiary/aromatic N) is 5. The second kappa shape index (κ2) is 6.83. The lowest BCUT2D eigenvalue weighted by molar-refractivity contribution is 0.354. The number of aryl methyl sites for hydroxylation is 3. The highest BCUT2D eigenvalue weighted by atomic mass is 15.3. The van der Waals surface area contributed by atoms with Crippen LogP contribution in [0.1, 0.15) is 31.4 Å². The fourth-order valence-corrected chi connectivity index (χ4v) is 4.03. The molecule has 6 nitrogen and oxygen atoms in total. The summed E-state index contributed by atoms with van der Waals surface area (Å²) in [6.45, 7) is 10.9. The maximum atomic E-state index is 4.90. The molecule has 3 aromatic rings. The van der Waals surface area contributed by atoms with Crippen LogP contribution in [-0.2, 0) is 7.05 Å².